The number of benzene rings is 1. The van der Waals surface area contributed by atoms with Crippen molar-refractivity contribution in [3.05, 3.63) is 70.1 Å². The maximum Gasteiger partial charge on any atom is 0.105 e. The average Bonchev–Trinajstić information content (AvgIpc) is 3.07. The first kappa shape index (κ1) is 18.2. The number of ether oxygens (including phenoxy) is 1. The van der Waals surface area contributed by atoms with E-state index in [-0.39, 0.29) is 0 Å². The molecule has 0 aromatic heterocycles. The van der Waals surface area contributed by atoms with Gasteiger partial charge in [0, 0.05) is 24.5 Å². The molecule has 3 nitrogen and oxygen atoms in total. The molecule has 0 bridgehead atoms. The summed E-state index contributed by atoms with van der Waals surface area (Å²) in [4.78, 5) is 9.34. The summed E-state index contributed by atoms with van der Waals surface area (Å²) in [6.07, 6.45) is 10.5. The van der Waals surface area contributed by atoms with E-state index in [1.165, 1.54) is 22.3 Å². The van der Waals surface area contributed by atoms with Crippen LogP contribution in [0.4, 0.5) is 0 Å². The Morgan fingerprint density at radius 2 is 1.93 bits per heavy atom. The molecule has 0 aliphatic carbocycles. The van der Waals surface area contributed by atoms with Gasteiger partial charge in [-0.3, -0.25) is 4.99 Å². The van der Waals surface area contributed by atoms with Gasteiger partial charge in [0.25, 0.3) is 0 Å². The predicted octanol–water partition coefficient (Wildman–Crippen LogP) is 5.18. The zero-order valence-electron chi connectivity index (χ0n) is 15.9. The van der Waals surface area contributed by atoms with Crippen LogP contribution in [0.1, 0.15) is 36.8 Å². The Kier molecular flexibility index (Phi) is 5.58. The van der Waals surface area contributed by atoms with Gasteiger partial charge in [0.15, 0.2) is 0 Å². The monoisotopic (exact) mass is 376 g/mol. The Balaban J connectivity index is 1.48. The first-order valence-electron chi connectivity index (χ1n) is 9.44. The second kappa shape index (κ2) is 8.26. The van der Waals surface area contributed by atoms with Gasteiger partial charge in [0.2, 0.25) is 0 Å². The van der Waals surface area contributed by atoms with Gasteiger partial charge in [-0.1, -0.05) is 36.1 Å². The third-order valence-electron chi connectivity index (χ3n) is 5.23. The van der Waals surface area contributed by atoms with E-state index in [2.05, 4.69) is 54.2 Å². The smallest absolute Gasteiger partial charge is 0.105 e. The fraction of sp³-hybridized carbons (Fsp3) is 0.348. The highest BCUT2D eigenvalue weighted by atomic mass is 32.2. The molecule has 3 aliphatic heterocycles. The van der Waals surface area contributed by atoms with E-state index in [4.69, 9.17) is 9.73 Å². The van der Waals surface area contributed by atoms with Gasteiger partial charge >= 0.3 is 0 Å². The lowest BCUT2D eigenvalue weighted by molar-refractivity contribution is 0.0853. The van der Waals surface area contributed by atoms with Crippen molar-refractivity contribution < 1.29 is 4.74 Å². The predicted molar refractivity (Wildman–Crippen MR) is 116 cm³/mol. The van der Waals surface area contributed by atoms with Crippen LogP contribution < -0.4 is 0 Å². The Bertz CT molecular complexity index is 906. The summed E-state index contributed by atoms with van der Waals surface area (Å²) < 4.78 is 5.46. The molecule has 3 aliphatic rings. The third kappa shape index (κ3) is 4.08. The van der Waals surface area contributed by atoms with E-state index in [9.17, 15) is 0 Å². The second-order valence-electron chi connectivity index (χ2n) is 6.98. The van der Waals surface area contributed by atoms with Crippen LogP contribution in [-0.4, -0.2) is 36.8 Å². The zero-order chi connectivity index (χ0) is 18.6. The number of rotatable bonds is 3. The van der Waals surface area contributed by atoms with Gasteiger partial charge < -0.3 is 4.74 Å². The standard InChI is InChI=1S/C23H24N2OS/c1-16-22-20(15-24-23(22)27-2)8-10-21(25-16)9-5-17-3-6-18(7-4-17)19-11-13-26-14-12-19/h3-9,19H,11-15H2,1-2H3/b9-5+. The summed E-state index contributed by atoms with van der Waals surface area (Å²) in [5.74, 6) is 0.636. The highest BCUT2D eigenvalue weighted by Gasteiger charge is 2.21. The number of hydrogen-bond donors (Lipinski definition) is 0. The van der Waals surface area contributed by atoms with E-state index in [0.29, 0.717) is 5.92 Å². The summed E-state index contributed by atoms with van der Waals surface area (Å²) in [6.45, 7) is 4.55. The lowest BCUT2D eigenvalue weighted by Gasteiger charge is -2.22. The maximum atomic E-state index is 5.46. The topological polar surface area (TPSA) is 34.0 Å². The van der Waals surface area contributed by atoms with E-state index < -0.39 is 0 Å². The quantitative estimate of drug-likeness (QED) is 0.681. The Hall–Kier alpha value is -2.13. The van der Waals surface area contributed by atoms with Crippen molar-refractivity contribution in [2.75, 3.05) is 26.0 Å². The second-order valence-corrected chi connectivity index (χ2v) is 7.78. The summed E-state index contributed by atoms with van der Waals surface area (Å²) in [5, 5.41) is 1.08. The van der Waals surface area contributed by atoms with Crippen molar-refractivity contribution in [1.29, 1.82) is 0 Å². The summed E-state index contributed by atoms with van der Waals surface area (Å²) >= 11 is 1.68. The molecule has 0 amide bonds. The Morgan fingerprint density at radius 1 is 1.15 bits per heavy atom. The van der Waals surface area contributed by atoms with Crippen LogP contribution in [0.3, 0.4) is 0 Å². The zero-order valence-corrected chi connectivity index (χ0v) is 16.7. The molecule has 1 aromatic rings. The van der Waals surface area contributed by atoms with E-state index >= 15 is 0 Å². The summed E-state index contributed by atoms with van der Waals surface area (Å²) in [5.41, 5.74) is 10.2. The molecule has 3 heterocycles. The van der Waals surface area contributed by atoms with E-state index in [1.807, 2.05) is 12.2 Å². The van der Waals surface area contributed by atoms with E-state index in [0.717, 1.165) is 49.1 Å². The van der Waals surface area contributed by atoms with Gasteiger partial charge in [0.05, 0.1) is 11.6 Å². The van der Waals surface area contributed by atoms with E-state index in [1.54, 1.807) is 11.8 Å². The van der Waals surface area contributed by atoms with Gasteiger partial charge in [-0.15, -0.1) is 11.8 Å². The molecule has 1 fully saturated rings. The minimum absolute atomic E-state index is 0.636. The lowest BCUT2D eigenvalue weighted by atomic mass is 9.91. The van der Waals surface area contributed by atoms with Crippen molar-refractivity contribution in [1.82, 2.24) is 0 Å². The molecule has 0 saturated carbocycles. The van der Waals surface area contributed by atoms with Gasteiger partial charge in [-0.05, 0) is 60.8 Å². The molecule has 4 heteroatoms. The lowest BCUT2D eigenvalue weighted by Crippen LogP contribution is -2.13. The normalized spacial score (nSPS) is 20.4. The van der Waals surface area contributed by atoms with Crippen LogP contribution in [0.2, 0.25) is 0 Å². The largest absolute Gasteiger partial charge is 0.381 e. The number of nitrogens with zero attached hydrogens (tertiary/aromatic N) is 2. The molecule has 4 rings (SSSR count). The van der Waals surface area contributed by atoms with Crippen LogP contribution in [0.5, 0.6) is 0 Å². The van der Waals surface area contributed by atoms with Crippen LogP contribution in [0.15, 0.2) is 69.0 Å². The molecule has 0 radical (unpaired) electrons. The number of aliphatic imine (C=N–C) groups is 2. The number of hydrogen-bond acceptors (Lipinski definition) is 4. The minimum atomic E-state index is 0.636. The molecular formula is C23H24N2OS. The highest BCUT2D eigenvalue weighted by molar-refractivity contribution is 8.14. The molecule has 27 heavy (non-hydrogen) atoms. The maximum absolute atomic E-state index is 5.46. The molecule has 0 N–H and O–H groups in total. The van der Waals surface area contributed by atoms with Crippen LogP contribution in [0, 0.1) is 0 Å². The van der Waals surface area contributed by atoms with Crippen LogP contribution in [0.25, 0.3) is 6.08 Å². The molecular weight excluding hydrogens is 352 g/mol. The van der Waals surface area contributed by atoms with Crippen LogP contribution in [-0.2, 0) is 4.74 Å². The third-order valence-corrected chi connectivity index (χ3v) is 5.95. The average molecular weight is 377 g/mol. The molecule has 0 atom stereocenters. The van der Waals surface area contributed by atoms with Crippen LogP contribution >= 0.6 is 11.8 Å². The number of thioether (sulfide) groups is 1. The molecule has 0 spiro atoms. The Labute approximate surface area is 165 Å². The van der Waals surface area contributed by atoms with Crippen molar-refractivity contribution >= 4 is 28.6 Å². The minimum Gasteiger partial charge on any atom is -0.381 e. The van der Waals surface area contributed by atoms with Gasteiger partial charge in [-0.2, -0.15) is 0 Å². The van der Waals surface area contributed by atoms with Crippen molar-refractivity contribution in [3.63, 3.8) is 0 Å². The first-order chi connectivity index (χ1) is 13.2. The van der Waals surface area contributed by atoms with Gasteiger partial charge in [-0.25, -0.2) is 4.99 Å². The molecule has 0 unspecified atom stereocenters. The fourth-order valence-corrected chi connectivity index (χ4v) is 4.40. The highest BCUT2D eigenvalue weighted by Crippen LogP contribution is 2.28. The summed E-state index contributed by atoms with van der Waals surface area (Å²) in [6, 6.07) is 8.88. The Morgan fingerprint density at radius 3 is 2.67 bits per heavy atom. The fourth-order valence-electron chi connectivity index (χ4n) is 3.72. The van der Waals surface area contributed by atoms with Crippen molar-refractivity contribution in [2.24, 2.45) is 9.98 Å². The summed E-state index contributed by atoms with van der Waals surface area (Å²) in [7, 11) is 0. The van der Waals surface area contributed by atoms with Crippen molar-refractivity contribution in [2.45, 2.75) is 25.7 Å². The molecule has 138 valence electrons. The molecule has 1 aromatic carbocycles. The molecule has 1 saturated heterocycles. The SMILES string of the molecule is CSC1=NCC2=C1C(C)=NC(/C=C/c1ccc(C3CCOCC3)cc1)=C=C2. The first-order valence-corrected chi connectivity index (χ1v) is 10.7. The van der Waals surface area contributed by atoms with Crippen molar-refractivity contribution in [3.8, 4) is 0 Å². The van der Waals surface area contributed by atoms with Gasteiger partial charge in [0.1, 0.15) is 5.70 Å².